The number of nitrogens with zero attached hydrogens (tertiary/aromatic N) is 3. The first kappa shape index (κ1) is 18.1. The monoisotopic (exact) mass is 365 g/mol. The van der Waals surface area contributed by atoms with Gasteiger partial charge in [0, 0.05) is 24.5 Å². The molecule has 2 fully saturated rings. The smallest absolute Gasteiger partial charge is 0.253 e. The molecular formula is C22H27N3O2. The number of amides is 1. The Balaban J connectivity index is 1.44. The summed E-state index contributed by atoms with van der Waals surface area (Å²) in [6.07, 6.45) is 3.00. The Kier molecular flexibility index (Phi) is 5.23. The quantitative estimate of drug-likeness (QED) is 0.838. The third kappa shape index (κ3) is 4.20. The van der Waals surface area contributed by atoms with Gasteiger partial charge in [-0.3, -0.25) is 14.7 Å². The molecule has 0 aliphatic carbocycles. The highest BCUT2D eigenvalue weighted by Gasteiger charge is 2.41. The highest BCUT2D eigenvalue weighted by Crippen LogP contribution is 2.33. The summed E-state index contributed by atoms with van der Waals surface area (Å²) in [7, 11) is 0. The number of hydrogen-bond acceptors (Lipinski definition) is 4. The van der Waals surface area contributed by atoms with Crippen LogP contribution in [0.1, 0.15) is 30.7 Å². The van der Waals surface area contributed by atoms with Gasteiger partial charge in [-0.1, -0.05) is 24.3 Å². The molecule has 2 aliphatic heterocycles. The summed E-state index contributed by atoms with van der Waals surface area (Å²) in [6, 6.07) is 16.2. The number of morpholine rings is 1. The van der Waals surface area contributed by atoms with Gasteiger partial charge in [0.1, 0.15) is 6.61 Å². The second kappa shape index (κ2) is 7.79. The second-order valence-electron chi connectivity index (χ2n) is 7.69. The van der Waals surface area contributed by atoms with Crippen molar-refractivity contribution >= 4 is 11.6 Å². The van der Waals surface area contributed by atoms with Gasteiger partial charge in [0.05, 0.1) is 17.8 Å². The number of likely N-dealkylation sites (tertiary alicyclic amines) is 1. The lowest BCUT2D eigenvalue weighted by molar-refractivity contribution is -0.140. The molecule has 1 atom stereocenters. The maximum Gasteiger partial charge on any atom is 0.253 e. The van der Waals surface area contributed by atoms with Gasteiger partial charge in [-0.15, -0.1) is 0 Å². The molecule has 0 radical (unpaired) electrons. The lowest BCUT2D eigenvalue weighted by atomic mass is 9.92. The second-order valence-corrected chi connectivity index (χ2v) is 7.69. The van der Waals surface area contributed by atoms with Crippen LogP contribution in [-0.2, 0) is 16.1 Å². The predicted molar refractivity (Wildman–Crippen MR) is 106 cm³/mol. The van der Waals surface area contributed by atoms with Crippen molar-refractivity contribution in [2.45, 2.75) is 38.3 Å². The summed E-state index contributed by atoms with van der Waals surface area (Å²) in [5.74, 6) is 0.0527. The fraction of sp³-hybridized carbons (Fsp3) is 0.455. The Bertz CT molecular complexity index is 795. The van der Waals surface area contributed by atoms with Crippen molar-refractivity contribution in [3.63, 3.8) is 0 Å². The van der Waals surface area contributed by atoms with Crippen LogP contribution in [0, 0.1) is 6.92 Å². The lowest BCUT2D eigenvalue weighted by Crippen LogP contribution is -2.55. The zero-order valence-electron chi connectivity index (χ0n) is 15.9. The normalized spacial score (nSPS) is 24.2. The van der Waals surface area contributed by atoms with Crippen LogP contribution in [0.4, 0.5) is 5.69 Å². The molecule has 2 saturated heterocycles. The van der Waals surface area contributed by atoms with Crippen LogP contribution in [0.5, 0.6) is 0 Å². The summed E-state index contributed by atoms with van der Waals surface area (Å²) in [5.41, 5.74) is 2.91. The summed E-state index contributed by atoms with van der Waals surface area (Å²) in [6.45, 7) is 5.73. The topological polar surface area (TPSA) is 45.7 Å². The number of rotatable bonds is 3. The van der Waals surface area contributed by atoms with Gasteiger partial charge in [-0.25, -0.2) is 0 Å². The van der Waals surface area contributed by atoms with E-state index >= 15 is 0 Å². The minimum Gasteiger partial charge on any atom is -0.363 e. The average molecular weight is 365 g/mol. The molecule has 0 saturated carbocycles. The minimum absolute atomic E-state index is 0.0527. The summed E-state index contributed by atoms with van der Waals surface area (Å²) in [4.78, 5) is 21.4. The molecule has 27 heavy (non-hydrogen) atoms. The molecule has 1 amide bonds. The number of ether oxygens (including phenoxy) is 1. The molecular weight excluding hydrogens is 338 g/mol. The van der Waals surface area contributed by atoms with Gasteiger partial charge in [0.2, 0.25) is 0 Å². The van der Waals surface area contributed by atoms with E-state index in [0.717, 1.165) is 56.0 Å². The maximum absolute atomic E-state index is 12.4. The molecule has 4 rings (SSSR count). The molecule has 0 bridgehead atoms. The molecule has 3 heterocycles. The van der Waals surface area contributed by atoms with Crippen molar-refractivity contribution < 1.29 is 9.53 Å². The Hall–Kier alpha value is -2.24. The summed E-state index contributed by atoms with van der Waals surface area (Å²) >= 11 is 0. The van der Waals surface area contributed by atoms with Crippen molar-refractivity contribution in [3.8, 4) is 0 Å². The van der Waals surface area contributed by atoms with Crippen molar-refractivity contribution in [3.05, 3.63) is 59.9 Å². The number of carbonyl (C=O) groups is 1. The number of anilines is 1. The Labute approximate surface area is 161 Å². The van der Waals surface area contributed by atoms with Gasteiger partial charge < -0.3 is 9.64 Å². The van der Waals surface area contributed by atoms with Crippen molar-refractivity contribution in [2.75, 3.05) is 31.1 Å². The Morgan fingerprint density at radius 3 is 2.74 bits per heavy atom. The van der Waals surface area contributed by atoms with Crippen LogP contribution in [0.2, 0.25) is 0 Å². The van der Waals surface area contributed by atoms with Crippen LogP contribution < -0.4 is 4.90 Å². The van der Waals surface area contributed by atoms with E-state index in [9.17, 15) is 4.79 Å². The molecule has 2 aliphatic rings. The number of pyridine rings is 1. The molecule has 1 aromatic heterocycles. The van der Waals surface area contributed by atoms with Crippen LogP contribution in [0.3, 0.4) is 0 Å². The third-order valence-electron chi connectivity index (χ3n) is 5.64. The van der Waals surface area contributed by atoms with Gasteiger partial charge in [-0.05, 0) is 57.0 Å². The highest BCUT2D eigenvalue weighted by atomic mass is 16.5. The first-order valence-corrected chi connectivity index (χ1v) is 9.78. The fourth-order valence-electron chi connectivity index (χ4n) is 4.16. The Morgan fingerprint density at radius 2 is 1.93 bits per heavy atom. The van der Waals surface area contributed by atoms with E-state index in [2.05, 4.69) is 22.0 Å². The van der Waals surface area contributed by atoms with Crippen LogP contribution >= 0.6 is 0 Å². The third-order valence-corrected chi connectivity index (χ3v) is 5.64. The molecule has 5 nitrogen and oxygen atoms in total. The number of carbonyl (C=O) groups excluding carboxylic acids is 1. The zero-order valence-corrected chi connectivity index (χ0v) is 15.9. The van der Waals surface area contributed by atoms with Crippen molar-refractivity contribution in [2.24, 2.45) is 0 Å². The Morgan fingerprint density at radius 1 is 1.07 bits per heavy atom. The molecule has 1 aromatic carbocycles. The minimum atomic E-state index is -0.238. The van der Waals surface area contributed by atoms with E-state index < -0.39 is 0 Å². The number of benzene rings is 1. The molecule has 2 aromatic rings. The number of para-hydroxylation sites is 1. The largest absolute Gasteiger partial charge is 0.363 e. The fourth-order valence-corrected chi connectivity index (χ4v) is 4.16. The van der Waals surface area contributed by atoms with Gasteiger partial charge in [0.25, 0.3) is 5.91 Å². The van der Waals surface area contributed by atoms with Crippen LogP contribution in [-0.4, -0.2) is 47.6 Å². The number of aromatic nitrogens is 1. The summed E-state index contributed by atoms with van der Waals surface area (Å²) in [5, 5.41) is 0. The van der Waals surface area contributed by atoms with Gasteiger partial charge in [-0.2, -0.15) is 0 Å². The molecule has 1 unspecified atom stereocenters. The molecule has 1 spiro atoms. The molecule has 5 heteroatoms. The number of aryl methyl sites for hydroxylation is 1. The SMILES string of the molecule is Cc1cccc(CN2CCCC3(CC2)CN(c2ccccc2)C(=O)CO3)n1. The standard InChI is InChI=1S/C22H27N3O2/c1-18-7-5-8-19(23-18)15-24-13-6-11-22(12-14-24)17-25(21(26)16-27-22)20-9-3-2-4-10-20/h2-5,7-10H,6,11-17H2,1H3. The van der Waals surface area contributed by atoms with Gasteiger partial charge >= 0.3 is 0 Å². The maximum atomic E-state index is 12.4. The highest BCUT2D eigenvalue weighted by molar-refractivity contribution is 5.95. The number of hydrogen-bond donors (Lipinski definition) is 0. The van der Waals surface area contributed by atoms with Crippen molar-refractivity contribution in [1.29, 1.82) is 0 Å². The first-order valence-electron chi connectivity index (χ1n) is 9.78. The van der Waals surface area contributed by atoms with E-state index in [0.29, 0.717) is 6.54 Å². The van der Waals surface area contributed by atoms with E-state index in [1.54, 1.807) is 0 Å². The van der Waals surface area contributed by atoms with Gasteiger partial charge in [0.15, 0.2) is 0 Å². The predicted octanol–water partition coefficient (Wildman–Crippen LogP) is 3.18. The van der Waals surface area contributed by atoms with E-state index in [1.165, 1.54) is 0 Å². The molecule has 142 valence electrons. The molecule has 0 N–H and O–H groups in total. The van der Waals surface area contributed by atoms with Crippen LogP contribution in [0.25, 0.3) is 0 Å². The van der Waals surface area contributed by atoms with E-state index in [4.69, 9.17) is 4.74 Å². The average Bonchev–Trinajstić information content (AvgIpc) is 2.87. The van der Waals surface area contributed by atoms with Crippen LogP contribution in [0.15, 0.2) is 48.5 Å². The summed E-state index contributed by atoms with van der Waals surface area (Å²) < 4.78 is 6.13. The lowest BCUT2D eigenvalue weighted by Gasteiger charge is -2.42. The van der Waals surface area contributed by atoms with Crippen molar-refractivity contribution in [1.82, 2.24) is 9.88 Å². The first-order chi connectivity index (χ1) is 13.1. The zero-order chi connectivity index (χ0) is 18.7. The van der Waals surface area contributed by atoms with E-state index in [1.807, 2.05) is 48.2 Å². The van der Waals surface area contributed by atoms with E-state index in [-0.39, 0.29) is 18.1 Å².